The summed E-state index contributed by atoms with van der Waals surface area (Å²) in [5.74, 6) is 0.888. The van der Waals surface area contributed by atoms with Gasteiger partial charge in [-0.2, -0.15) is 0 Å². The number of nitrogens with one attached hydrogen (secondary N) is 2. The average Bonchev–Trinajstić information content (AvgIpc) is 2.36. The summed E-state index contributed by atoms with van der Waals surface area (Å²) >= 11 is 5.12. The van der Waals surface area contributed by atoms with Crippen molar-refractivity contribution in [3.05, 3.63) is 30.3 Å². The van der Waals surface area contributed by atoms with Crippen LogP contribution in [0.25, 0.3) is 0 Å². The van der Waals surface area contributed by atoms with Crippen LogP contribution in [0.1, 0.15) is 19.8 Å². The Balaban J connectivity index is 2.02. The fourth-order valence-corrected chi connectivity index (χ4v) is 1.50. The zero-order chi connectivity index (χ0) is 12.3. The quantitative estimate of drug-likeness (QED) is 0.576. The lowest BCUT2D eigenvalue weighted by Gasteiger charge is -2.10. The normalized spacial score (nSPS) is 9.71. The van der Waals surface area contributed by atoms with Gasteiger partial charge >= 0.3 is 0 Å². The summed E-state index contributed by atoms with van der Waals surface area (Å²) in [4.78, 5) is 0. The number of benzene rings is 1. The molecule has 0 aliphatic carbocycles. The molecule has 0 atom stereocenters. The van der Waals surface area contributed by atoms with Crippen molar-refractivity contribution >= 4 is 17.3 Å². The molecule has 0 aliphatic rings. The van der Waals surface area contributed by atoms with Crippen LogP contribution < -0.4 is 15.4 Å². The molecule has 0 fully saturated rings. The zero-order valence-corrected chi connectivity index (χ0v) is 11.1. The number of ether oxygens (including phenoxy) is 1. The van der Waals surface area contributed by atoms with Gasteiger partial charge in [-0.1, -0.05) is 31.5 Å². The maximum Gasteiger partial charge on any atom is 0.166 e. The highest BCUT2D eigenvalue weighted by Crippen LogP contribution is 2.07. The van der Waals surface area contributed by atoms with Gasteiger partial charge in [0.25, 0.3) is 0 Å². The topological polar surface area (TPSA) is 33.3 Å². The van der Waals surface area contributed by atoms with Crippen molar-refractivity contribution in [3.8, 4) is 5.75 Å². The van der Waals surface area contributed by atoms with Crippen LogP contribution in [-0.2, 0) is 0 Å². The van der Waals surface area contributed by atoms with E-state index < -0.39 is 0 Å². The molecule has 0 saturated heterocycles. The summed E-state index contributed by atoms with van der Waals surface area (Å²) in [6.45, 7) is 4.42. The van der Waals surface area contributed by atoms with Crippen LogP contribution in [0.3, 0.4) is 0 Å². The smallest absolute Gasteiger partial charge is 0.166 e. The molecule has 2 N–H and O–H groups in total. The predicted octanol–water partition coefficient (Wildman–Crippen LogP) is 2.33. The third-order valence-electron chi connectivity index (χ3n) is 2.22. The summed E-state index contributed by atoms with van der Waals surface area (Å²) in [6.07, 6.45) is 2.31. The average molecular weight is 252 g/mol. The Kier molecular flexibility index (Phi) is 7.14. The number of rotatable bonds is 7. The van der Waals surface area contributed by atoms with Gasteiger partial charge in [0.2, 0.25) is 0 Å². The molecule has 0 unspecified atom stereocenters. The first-order chi connectivity index (χ1) is 8.33. The number of para-hydroxylation sites is 1. The van der Waals surface area contributed by atoms with Crippen molar-refractivity contribution in [2.75, 3.05) is 19.7 Å². The third kappa shape index (κ3) is 6.79. The highest BCUT2D eigenvalue weighted by molar-refractivity contribution is 7.80. The van der Waals surface area contributed by atoms with Gasteiger partial charge in [-0.05, 0) is 30.8 Å². The fraction of sp³-hybridized carbons (Fsp3) is 0.462. The molecule has 17 heavy (non-hydrogen) atoms. The molecular formula is C13H20N2OS. The molecular weight excluding hydrogens is 232 g/mol. The monoisotopic (exact) mass is 252 g/mol. The summed E-state index contributed by atoms with van der Waals surface area (Å²) in [5, 5.41) is 6.96. The highest BCUT2D eigenvalue weighted by atomic mass is 32.1. The Morgan fingerprint density at radius 1 is 1.18 bits per heavy atom. The van der Waals surface area contributed by atoms with Gasteiger partial charge in [0, 0.05) is 6.54 Å². The van der Waals surface area contributed by atoms with Gasteiger partial charge in [0.05, 0.1) is 6.54 Å². The van der Waals surface area contributed by atoms with Gasteiger partial charge in [0.1, 0.15) is 12.4 Å². The van der Waals surface area contributed by atoms with E-state index in [1.54, 1.807) is 0 Å². The largest absolute Gasteiger partial charge is 0.492 e. The lowest BCUT2D eigenvalue weighted by atomic mass is 10.3. The second kappa shape index (κ2) is 8.82. The van der Waals surface area contributed by atoms with E-state index in [1.807, 2.05) is 30.3 Å². The van der Waals surface area contributed by atoms with Gasteiger partial charge < -0.3 is 15.4 Å². The number of thiocarbonyl (C=S) groups is 1. The van der Waals surface area contributed by atoms with Gasteiger partial charge in [-0.3, -0.25) is 0 Å². The fourth-order valence-electron chi connectivity index (χ4n) is 1.29. The van der Waals surface area contributed by atoms with Crippen molar-refractivity contribution < 1.29 is 4.74 Å². The van der Waals surface area contributed by atoms with Gasteiger partial charge in [-0.15, -0.1) is 0 Å². The molecule has 0 amide bonds. The number of unbranched alkanes of at least 4 members (excludes halogenated alkanes) is 1. The maximum absolute atomic E-state index is 5.53. The molecule has 1 aromatic carbocycles. The second-order valence-electron chi connectivity index (χ2n) is 3.70. The first kappa shape index (κ1) is 13.8. The zero-order valence-electron chi connectivity index (χ0n) is 10.2. The van der Waals surface area contributed by atoms with E-state index in [-0.39, 0.29) is 0 Å². The first-order valence-electron chi connectivity index (χ1n) is 6.02. The van der Waals surface area contributed by atoms with Crippen LogP contribution in [0.4, 0.5) is 0 Å². The minimum Gasteiger partial charge on any atom is -0.492 e. The van der Waals surface area contributed by atoms with Crippen molar-refractivity contribution in [1.29, 1.82) is 0 Å². The summed E-state index contributed by atoms with van der Waals surface area (Å²) in [6, 6.07) is 9.77. The lowest BCUT2D eigenvalue weighted by Crippen LogP contribution is -2.37. The van der Waals surface area contributed by atoms with E-state index in [0.29, 0.717) is 18.3 Å². The number of hydrogen-bond acceptors (Lipinski definition) is 2. The van der Waals surface area contributed by atoms with Crippen LogP contribution in [0.5, 0.6) is 5.75 Å². The molecule has 0 aliphatic heterocycles. The molecule has 1 aromatic rings. The second-order valence-corrected chi connectivity index (χ2v) is 4.11. The molecule has 1 rings (SSSR count). The van der Waals surface area contributed by atoms with E-state index in [9.17, 15) is 0 Å². The standard InChI is InChI=1S/C13H20N2OS/c1-2-3-9-14-13(17)15-10-11-16-12-7-5-4-6-8-12/h4-8H,2-3,9-11H2,1H3,(H2,14,15,17). The molecule has 0 radical (unpaired) electrons. The first-order valence-corrected chi connectivity index (χ1v) is 6.43. The maximum atomic E-state index is 5.53. The van der Waals surface area contributed by atoms with Gasteiger partial charge in [0.15, 0.2) is 5.11 Å². The van der Waals surface area contributed by atoms with Crippen molar-refractivity contribution in [1.82, 2.24) is 10.6 Å². The Bertz CT molecular complexity index is 316. The predicted molar refractivity (Wildman–Crippen MR) is 75.4 cm³/mol. The van der Waals surface area contributed by atoms with E-state index in [1.165, 1.54) is 6.42 Å². The molecule has 0 bridgehead atoms. The van der Waals surface area contributed by atoms with Crippen molar-refractivity contribution in [2.45, 2.75) is 19.8 Å². The summed E-state index contributed by atoms with van der Waals surface area (Å²) in [7, 11) is 0. The Hall–Kier alpha value is -1.29. The third-order valence-corrected chi connectivity index (χ3v) is 2.50. The molecule has 0 aromatic heterocycles. The molecule has 0 heterocycles. The van der Waals surface area contributed by atoms with Crippen LogP contribution in [0, 0.1) is 0 Å². The molecule has 0 spiro atoms. The van der Waals surface area contributed by atoms with Crippen molar-refractivity contribution in [2.24, 2.45) is 0 Å². The van der Waals surface area contributed by atoms with Crippen LogP contribution >= 0.6 is 12.2 Å². The van der Waals surface area contributed by atoms with E-state index in [0.717, 1.165) is 18.7 Å². The van der Waals surface area contributed by atoms with Crippen LogP contribution in [0.2, 0.25) is 0 Å². The number of hydrogen-bond donors (Lipinski definition) is 2. The minimum atomic E-state index is 0.611. The van der Waals surface area contributed by atoms with E-state index >= 15 is 0 Å². The minimum absolute atomic E-state index is 0.611. The SMILES string of the molecule is CCCCNC(=S)NCCOc1ccccc1. The molecule has 94 valence electrons. The van der Waals surface area contributed by atoms with Gasteiger partial charge in [-0.25, -0.2) is 0 Å². The van der Waals surface area contributed by atoms with E-state index in [2.05, 4.69) is 17.6 Å². The molecule has 4 heteroatoms. The Morgan fingerprint density at radius 3 is 2.59 bits per heavy atom. The highest BCUT2D eigenvalue weighted by Gasteiger charge is 1.94. The van der Waals surface area contributed by atoms with Crippen molar-refractivity contribution in [3.63, 3.8) is 0 Å². The van der Waals surface area contributed by atoms with Crippen LogP contribution in [-0.4, -0.2) is 24.8 Å². The summed E-state index contributed by atoms with van der Waals surface area (Å²) < 4.78 is 5.53. The molecule has 3 nitrogen and oxygen atoms in total. The lowest BCUT2D eigenvalue weighted by molar-refractivity contribution is 0.322. The Labute approximate surface area is 109 Å². The summed E-state index contributed by atoms with van der Waals surface area (Å²) in [5.41, 5.74) is 0. The van der Waals surface area contributed by atoms with Crippen LogP contribution in [0.15, 0.2) is 30.3 Å². The Morgan fingerprint density at radius 2 is 1.88 bits per heavy atom. The van der Waals surface area contributed by atoms with E-state index in [4.69, 9.17) is 17.0 Å². The molecule has 0 saturated carbocycles.